The molecule has 0 spiro atoms. The van der Waals surface area contributed by atoms with Crippen molar-refractivity contribution >= 4 is 23.2 Å². The summed E-state index contributed by atoms with van der Waals surface area (Å²) in [6.07, 6.45) is 2.02. The van der Waals surface area contributed by atoms with Crippen LogP contribution in [0.2, 0.25) is 5.02 Å². The van der Waals surface area contributed by atoms with Crippen molar-refractivity contribution in [2.45, 2.75) is 18.8 Å². The molecule has 3 aromatic rings. The third-order valence-corrected chi connectivity index (χ3v) is 4.87. The molecule has 27 heavy (non-hydrogen) atoms. The number of oxazole rings is 1. The van der Waals surface area contributed by atoms with Gasteiger partial charge in [-0.1, -0.05) is 29.8 Å². The molecule has 0 radical (unpaired) electrons. The number of anilines is 1. The van der Waals surface area contributed by atoms with Crippen molar-refractivity contribution in [2.24, 2.45) is 0 Å². The van der Waals surface area contributed by atoms with Crippen LogP contribution < -0.4 is 9.64 Å². The predicted molar refractivity (Wildman–Crippen MR) is 105 cm³/mol. The van der Waals surface area contributed by atoms with E-state index in [-0.39, 0.29) is 11.8 Å². The highest BCUT2D eigenvalue weighted by Gasteiger charge is 2.35. The number of aromatic nitrogens is 1. The largest absolute Gasteiger partial charge is 0.495 e. The molecule has 0 unspecified atom stereocenters. The molecule has 1 aliphatic carbocycles. The normalized spacial score (nSPS) is 13.4. The maximum absolute atomic E-state index is 13.2. The van der Waals surface area contributed by atoms with Gasteiger partial charge in [0.15, 0.2) is 5.69 Å². The molecule has 1 aliphatic rings. The summed E-state index contributed by atoms with van der Waals surface area (Å²) in [6.45, 7) is 0. The number of hydrogen-bond acceptors (Lipinski definition) is 4. The molecule has 6 heteroatoms. The Morgan fingerprint density at radius 1 is 1.22 bits per heavy atom. The Kier molecular flexibility index (Phi) is 4.62. The second-order valence-corrected chi connectivity index (χ2v) is 6.99. The smallest absolute Gasteiger partial charge is 0.280 e. The Bertz CT molecular complexity index is 980. The summed E-state index contributed by atoms with van der Waals surface area (Å²) < 4.78 is 11.4. The van der Waals surface area contributed by atoms with E-state index >= 15 is 0 Å². The minimum atomic E-state index is -0.247. The van der Waals surface area contributed by atoms with E-state index in [1.54, 1.807) is 32.4 Å². The Labute approximate surface area is 162 Å². The van der Waals surface area contributed by atoms with E-state index in [1.807, 2.05) is 30.3 Å². The van der Waals surface area contributed by atoms with Crippen LogP contribution in [0.4, 0.5) is 5.69 Å². The van der Waals surface area contributed by atoms with Crippen molar-refractivity contribution in [1.29, 1.82) is 0 Å². The Balaban J connectivity index is 1.73. The highest BCUT2D eigenvalue weighted by atomic mass is 35.5. The third-order valence-electron chi connectivity index (χ3n) is 4.63. The van der Waals surface area contributed by atoms with Gasteiger partial charge in [0.25, 0.3) is 5.91 Å². The summed E-state index contributed by atoms with van der Waals surface area (Å²) in [6, 6.07) is 14.8. The van der Waals surface area contributed by atoms with Crippen molar-refractivity contribution in [3.05, 3.63) is 65.0 Å². The summed E-state index contributed by atoms with van der Waals surface area (Å²) >= 11 is 6.12. The zero-order chi connectivity index (χ0) is 19.0. The van der Waals surface area contributed by atoms with Gasteiger partial charge in [-0.25, -0.2) is 4.98 Å². The van der Waals surface area contributed by atoms with Crippen molar-refractivity contribution in [2.75, 3.05) is 19.1 Å². The van der Waals surface area contributed by atoms with Crippen LogP contribution in [0.15, 0.2) is 52.9 Å². The molecule has 138 valence electrons. The number of hydrogen-bond donors (Lipinski definition) is 0. The third kappa shape index (κ3) is 3.43. The van der Waals surface area contributed by atoms with Crippen LogP contribution >= 0.6 is 11.6 Å². The maximum Gasteiger partial charge on any atom is 0.280 e. The number of carbonyl (C=O) groups excluding carboxylic acids is 1. The summed E-state index contributed by atoms with van der Waals surface area (Å²) in [4.78, 5) is 19.3. The van der Waals surface area contributed by atoms with E-state index in [0.717, 1.165) is 18.4 Å². The van der Waals surface area contributed by atoms with Gasteiger partial charge in [-0.15, -0.1) is 0 Å². The van der Waals surface area contributed by atoms with Gasteiger partial charge in [0.2, 0.25) is 5.89 Å². The number of ether oxygens (including phenoxy) is 1. The zero-order valence-corrected chi connectivity index (χ0v) is 15.9. The van der Waals surface area contributed by atoms with Gasteiger partial charge in [-0.2, -0.15) is 0 Å². The molecular weight excluding hydrogens is 364 g/mol. The lowest BCUT2D eigenvalue weighted by Crippen LogP contribution is -2.27. The lowest BCUT2D eigenvalue weighted by molar-refractivity contribution is 0.0986. The number of benzene rings is 2. The Morgan fingerprint density at radius 3 is 2.63 bits per heavy atom. The minimum absolute atomic E-state index is 0.247. The molecule has 0 bridgehead atoms. The summed E-state index contributed by atoms with van der Waals surface area (Å²) in [5, 5.41) is 0.526. The number of nitrogens with zero attached hydrogens (tertiary/aromatic N) is 2. The van der Waals surface area contributed by atoms with E-state index in [0.29, 0.717) is 33.8 Å². The van der Waals surface area contributed by atoms with Gasteiger partial charge < -0.3 is 14.1 Å². The summed E-state index contributed by atoms with van der Waals surface area (Å²) in [5.41, 5.74) is 1.78. The van der Waals surface area contributed by atoms with Crippen LogP contribution in [0.25, 0.3) is 11.5 Å². The first-order valence-corrected chi connectivity index (χ1v) is 9.14. The number of methoxy groups -OCH3 is 1. The second kappa shape index (κ2) is 7.08. The van der Waals surface area contributed by atoms with Crippen LogP contribution in [0, 0.1) is 0 Å². The van der Waals surface area contributed by atoms with Crippen molar-refractivity contribution in [1.82, 2.24) is 4.98 Å². The van der Waals surface area contributed by atoms with Crippen LogP contribution in [0.1, 0.15) is 35.0 Å². The first-order valence-electron chi connectivity index (χ1n) is 8.76. The Hall–Kier alpha value is -2.79. The lowest BCUT2D eigenvalue weighted by Gasteiger charge is -2.19. The van der Waals surface area contributed by atoms with Crippen LogP contribution in [0.5, 0.6) is 5.75 Å². The van der Waals surface area contributed by atoms with Crippen molar-refractivity contribution < 1.29 is 13.9 Å². The molecule has 1 heterocycles. The minimum Gasteiger partial charge on any atom is -0.495 e. The molecule has 5 nitrogen and oxygen atoms in total. The Morgan fingerprint density at radius 2 is 1.96 bits per heavy atom. The molecule has 0 N–H and O–H groups in total. The fourth-order valence-electron chi connectivity index (χ4n) is 3.01. The van der Waals surface area contributed by atoms with Crippen molar-refractivity contribution in [3.63, 3.8) is 0 Å². The van der Waals surface area contributed by atoms with Gasteiger partial charge >= 0.3 is 0 Å². The van der Waals surface area contributed by atoms with Gasteiger partial charge in [0.1, 0.15) is 11.5 Å². The molecule has 0 atom stereocenters. The molecule has 0 saturated heterocycles. The van der Waals surface area contributed by atoms with E-state index in [4.69, 9.17) is 20.8 Å². The van der Waals surface area contributed by atoms with E-state index < -0.39 is 0 Å². The molecule has 2 aromatic carbocycles. The zero-order valence-electron chi connectivity index (χ0n) is 15.1. The predicted octanol–water partition coefficient (Wildman–Crippen LogP) is 5.16. The topological polar surface area (TPSA) is 55.6 Å². The van der Waals surface area contributed by atoms with Gasteiger partial charge in [0.05, 0.1) is 12.8 Å². The van der Waals surface area contributed by atoms with Crippen LogP contribution in [0.3, 0.4) is 0 Å². The fourth-order valence-corrected chi connectivity index (χ4v) is 3.17. The van der Waals surface area contributed by atoms with Crippen LogP contribution in [-0.2, 0) is 0 Å². The van der Waals surface area contributed by atoms with Gasteiger partial charge in [0, 0.05) is 23.6 Å². The highest BCUT2D eigenvalue weighted by molar-refractivity contribution is 6.31. The fraction of sp³-hybridized carbons (Fsp3) is 0.238. The molecule has 1 saturated carbocycles. The molecule has 1 amide bonds. The van der Waals surface area contributed by atoms with Crippen LogP contribution in [-0.4, -0.2) is 25.0 Å². The van der Waals surface area contributed by atoms with E-state index in [9.17, 15) is 4.79 Å². The van der Waals surface area contributed by atoms with E-state index in [1.165, 1.54) is 4.90 Å². The second-order valence-electron chi connectivity index (χ2n) is 6.55. The summed E-state index contributed by atoms with van der Waals surface area (Å²) in [7, 11) is 3.24. The monoisotopic (exact) mass is 382 g/mol. The van der Waals surface area contributed by atoms with Crippen molar-refractivity contribution in [3.8, 4) is 17.2 Å². The first kappa shape index (κ1) is 17.6. The average molecular weight is 383 g/mol. The lowest BCUT2D eigenvalue weighted by atomic mass is 10.2. The van der Waals surface area contributed by atoms with Gasteiger partial charge in [-0.05, 0) is 43.2 Å². The molecule has 0 aliphatic heterocycles. The molecular formula is C21H19ClN2O3. The first-order chi connectivity index (χ1) is 13.1. The standard InChI is InChI=1S/C21H19ClN2O3/c1-24(16-12-15(22)10-11-17(16)26-2)21(25)18-19(13-8-9-13)27-20(23-18)14-6-4-3-5-7-14/h3-7,10-13H,8-9H2,1-2H3. The number of carbonyl (C=O) groups is 1. The highest BCUT2D eigenvalue weighted by Crippen LogP contribution is 2.44. The van der Waals surface area contributed by atoms with E-state index in [2.05, 4.69) is 4.98 Å². The summed E-state index contributed by atoms with van der Waals surface area (Å²) in [5.74, 6) is 1.70. The number of halogens is 1. The molecule has 4 rings (SSSR count). The SMILES string of the molecule is COc1ccc(Cl)cc1N(C)C(=O)c1nc(-c2ccccc2)oc1C1CC1. The average Bonchev–Trinajstić information content (AvgIpc) is 3.45. The maximum atomic E-state index is 13.2. The quantitative estimate of drug-likeness (QED) is 0.611. The molecule has 1 fully saturated rings. The van der Waals surface area contributed by atoms with Gasteiger partial charge in [-0.3, -0.25) is 4.79 Å². The number of rotatable bonds is 5. The number of amides is 1. The molecule has 1 aromatic heterocycles.